The van der Waals surface area contributed by atoms with E-state index in [-0.39, 0.29) is 6.42 Å². The molecule has 0 spiro atoms. The summed E-state index contributed by atoms with van der Waals surface area (Å²) in [6, 6.07) is 1.85. The van der Waals surface area contributed by atoms with Crippen LogP contribution in [0.2, 0.25) is 0 Å². The van der Waals surface area contributed by atoms with Gasteiger partial charge in [0.2, 0.25) is 0 Å². The van der Waals surface area contributed by atoms with E-state index >= 15 is 0 Å². The van der Waals surface area contributed by atoms with Gasteiger partial charge in [-0.1, -0.05) is 0 Å². The highest BCUT2D eigenvalue weighted by Gasteiger charge is 2.11. The number of rotatable bonds is 3. The number of aromatic nitrogens is 1. The molecule has 2 heterocycles. The summed E-state index contributed by atoms with van der Waals surface area (Å²) in [6.45, 7) is 1.93. The van der Waals surface area contributed by atoms with Crippen LogP contribution in [0.1, 0.15) is 11.3 Å². The molecular formula is C10H9NO3S. The van der Waals surface area contributed by atoms with E-state index in [0.29, 0.717) is 5.69 Å². The van der Waals surface area contributed by atoms with Crippen molar-refractivity contribution in [2.45, 2.75) is 13.3 Å². The Balaban J connectivity index is 2.28. The molecule has 0 fully saturated rings. The van der Waals surface area contributed by atoms with Crippen LogP contribution < -0.4 is 0 Å². The molecule has 78 valence electrons. The molecule has 0 saturated heterocycles. The van der Waals surface area contributed by atoms with Crippen LogP contribution in [0.15, 0.2) is 22.1 Å². The first-order chi connectivity index (χ1) is 7.16. The number of carboxylic acids is 1. The molecule has 0 atom stereocenters. The minimum atomic E-state index is -0.872. The lowest BCUT2D eigenvalue weighted by Crippen LogP contribution is -1.99. The fraction of sp³-hybridized carbons (Fsp3) is 0.200. The predicted octanol–water partition coefficient (Wildman–Crippen LogP) is 2.34. The maximum Gasteiger partial charge on any atom is 0.309 e. The first-order valence-electron chi connectivity index (χ1n) is 4.37. The first kappa shape index (κ1) is 9.92. The zero-order valence-electron chi connectivity index (χ0n) is 8.06. The quantitative estimate of drug-likeness (QED) is 0.867. The van der Waals surface area contributed by atoms with Gasteiger partial charge in [0, 0.05) is 5.38 Å². The Bertz CT molecular complexity index is 486. The lowest BCUT2D eigenvalue weighted by Gasteiger charge is -1.91. The Labute approximate surface area is 90.2 Å². The van der Waals surface area contributed by atoms with Crippen molar-refractivity contribution in [3.05, 3.63) is 29.0 Å². The fourth-order valence-electron chi connectivity index (χ4n) is 1.24. The average Bonchev–Trinajstić information content (AvgIpc) is 2.72. The molecule has 4 nitrogen and oxygen atoms in total. The summed E-state index contributed by atoms with van der Waals surface area (Å²) in [4.78, 5) is 14.7. The number of carbonyl (C=O) groups is 1. The summed E-state index contributed by atoms with van der Waals surface area (Å²) in [5.41, 5.74) is 1.57. The number of thiazole rings is 1. The van der Waals surface area contributed by atoms with Crippen molar-refractivity contribution in [3.8, 4) is 10.8 Å². The second kappa shape index (κ2) is 3.86. The molecule has 0 unspecified atom stereocenters. The normalized spacial score (nSPS) is 10.5. The Morgan fingerprint density at radius 3 is 3.07 bits per heavy atom. The van der Waals surface area contributed by atoms with Gasteiger partial charge in [0.1, 0.15) is 0 Å². The van der Waals surface area contributed by atoms with Crippen LogP contribution in [0.5, 0.6) is 0 Å². The number of furan rings is 1. The number of aryl methyl sites for hydroxylation is 1. The van der Waals surface area contributed by atoms with Crippen molar-refractivity contribution in [3.63, 3.8) is 0 Å². The van der Waals surface area contributed by atoms with Gasteiger partial charge in [-0.15, -0.1) is 11.3 Å². The highest BCUT2D eigenvalue weighted by Crippen LogP contribution is 2.27. The van der Waals surface area contributed by atoms with Crippen molar-refractivity contribution >= 4 is 17.3 Å². The minimum absolute atomic E-state index is 0.0454. The Morgan fingerprint density at radius 1 is 1.67 bits per heavy atom. The zero-order chi connectivity index (χ0) is 10.8. The highest BCUT2D eigenvalue weighted by molar-refractivity contribution is 7.13. The van der Waals surface area contributed by atoms with Crippen LogP contribution in [0.4, 0.5) is 0 Å². The van der Waals surface area contributed by atoms with E-state index in [1.807, 2.05) is 13.0 Å². The van der Waals surface area contributed by atoms with Gasteiger partial charge in [-0.2, -0.15) is 0 Å². The van der Waals surface area contributed by atoms with E-state index in [1.54, 1.807) is 11.6 Å². The second-order valence-electron chi connectivity index (χ2n) is 3.15. The molecule has 15 heavy (non-hydrogen) atoms. The maximum absolute atomic E-state index is 10.5. The zero-order valence-corrected chi connectivity index (χ0v) is 8.87. The van der Waals surface area contributed by atoms with Crippen LogP contribution in [0, 0.1) is 6.92 Å². The average molecular weight is 223 g/mol. The summed E-state index contributed by atoms with van der Waals surface area (Å²) in [5, 5.41) is 11.1. The van der Waals surface area contributed by atoms with Gasteiger partial charge in [-0.05, 0) is 18.6 Å². The monoisotopic (exact) mass is 223 g/mol. The molecule has 0 aliphatic carbocycles. The molecule has 2 aromatic heterocycles. The third-order valence-electron chi connectivity index (χ3n) is 1.94. The van der Waals surface area contributed by atoms with Crippen molar-refractivity contribution in [1.82, 2.24) is 4.98 Å². The molecule has 0 bridgehead atoms. The topological polar surface area (TPSA) is 63.3 Å². The van der Waals surface area contributed by atoms with Gasteiger partial charge in [0.05, 0.1) is 18.4 Å². The van der Waals surface area contributed by atoms with Gasteiger partial charge < -0.3 is 9.52 Å². The third-order valence-corrected chi connectivity index (χ3v) is 2.83. The van der Waals surface area contributed by atoms with Gasteiger partial charge >= 0.3 is 5.97 Å². The lowest BCUT2D eigenvalue weighted by molar-refractivity contribution is -0.136. The molecule has 1 N–H and O–H groups in total. The molecule has 0 aromatic carbocycles. The van der Waals surface area contributed by atoms with Crippen molar-refractivity contribution in [2.24, 2.45) is 0 Å². The van der Waals surface area contributed by atoms with E-state index in [4.69, 9.17) is 9.52 Å². The largest absolute Gasteiger partial charge is 0.481 e. The number of carboxylic acid groups (broad SMARTS) is 1. The van der Waals surface area contributed by atoms with Crippen molar-refractivity contribution in [2.75, 3.05) is 0 Å². The summed E-state index contributed by atoms with van der Waals surface area (Å²) < 4.78 is 5.27. The minimum Gasteiger partial charge on any atom is -0.481 e. The van der Waals surface area contributed by atoms with E-state index in [0.717, 1.165) is 16.3 Å². The fourth-order valence-corrected chi connectivity index (χ4v) is 2.11. The van der Waals surface area contributed by atoms with Gasteiger partial charge in [-0.3, -0.25) is 4.79 Å². The molecule has 5 heteroatoms. The molecule has 0 saturated carbocycles. The predicted molar refractivity (Wildman–Crippen MR) is 55.9 cm³/mol. The van der Waals surface area contributed by atoms with Crippen LogP contribution in [0.3, 0.4) is 0 Å². The van der Waals surface area contributed by atoms with Crippen LogP contribution >= 0.6 is 11.3 Å². The molecule has 2 rings (SSSR count). The van der Waals surface area contributed by atoms with E-state index in [9.17, 15) is 4.79 Å². The van der Waals surface area contributed by atoms with Gasteiger partial charge in [0.15, 0.2) is 10.8 Å². The Kier molecular flexibility index (Phi) is 2.55. The summed E-state index contributed by atoms with van der Waals surface area (Å²) in [6.07, 6.45) is 1.55. The lowest BCUT2D eigenvalue weighted by atomic mass is 10.3. The molecule has 2 aromatic rings. The smallest absolute Gasteiger partial charge is 0.309 e. The van der Waals surface area contributed by atoms with Gasteiger partial charge in [0.25, 0.3) is 0 Å². The van der Waals surface area contributed by atoms with E-state index in [2.05, 4.69) is 4.98 Å². The number of aliphatic carboxylic acids is 1. The van der Waals surface area contributed by atoms with Gasteiger partial charge in [-0.25, -0.2) is 4.98 Å². The number of hydrogen-bond acceptors (Lipinski definition) is 4. The molecule has 0 amide bonds. The van der Waals surface area contributed by atoms with Crippen LogP contribution in [0.25, 0.3) is 10.8 Å². The summed E-state index contributed by atoms with van der Waals surface area (Å²) >= 11 is 1.40. The van der Waals surface area contributed by atoms with Crippen molar-refractivity contribution < 1.29 is 14.3 Å². The number of nitrogens with zero attached hydrogens (tertiary/aromatic N) is 1. The first-order valence-corrected chi connectivity index (χ1v) is 5.25. The summed E-state index contributed by atoms with van der Waals surface area (Å²) in [5.74, 6) is -0.153. The van der Waals surface area contributed by atoms with Crippen LogP contribution in [-0.2, 0) is 11.2 Å². The molecule has 0 aliphatic rings. The SMILES string of the molecule is Cc1ccoc1-c1nc(CC(=O)O)cs1. The molecule has 0 radical (unpaired) electrons. The standard InChI is InChI=1S/C10H9NO3S/c1-6-2-3-14-9(6)10-11-7(5-15-10)4-8(12)13/h2-3,5H,4H2,1H3,(H,12,13). The Hall–Kier alpha value is -1.62. The van der Waals surface area contributed by atoms with Crippen molar-refractivity contribution in [1.29, 1.82) is 0 Å². The second-order valence-corrected chi connectivity index (χ2v) is 4.01. The molecule has 0 aliphatic heterocycles. The van der Waals surface area contributed by atoms with Crippen LogP contribution in [-0.4, -0.2) is 16.1 Å². The van der Waals surface area contributed by atoms with E-state index in [1.165, 1.54) is 11.3 Å². The maximum atomic E-state index is 10.5. The van der Waals surface area contributed by atoms with E-state index < -0.39 is 5.97 Å². The Morgan fingerprint density at radius 2 is 2.47 bits per heavy atom. The number of hydrogen-bond donors (Lipinski definition) is 1. The third kappa shape index (κ3) is 2.07. The highest BCUT2D eigenvalue weighted by atomic mass is 32.1. The summed E-state index contributed by atoms with van der Waals surface area (Å²) in [7, 11) is 0. The molecular weight excluding hydrogens is 214 g/mol.